The van der Waals surface area contributed by atoms with E-state index >= 15 is 0 Å². The van der Waals surface area contributed by atoms with Crippen molar-refractivity contribution in [1.82, 2.24) is 19.6 Å². The van der Waals surface area contributed by atoms with Crippen LogP contribution in [0.4, 0.5) is 5.82 Å². The standard InChI is InChI=1S/C13H20N6O/c1-2-18(10-5-3-9(14)4-6-10)11-7-12-16-17-13(20)19(12)8-15-11/h7-10H,2-6,14H2,1H3,(H,17,20). The third kappa shape index (κ3) is 2.29. The minimum absolute atomic E-state index is 0.259. The van der Waals surface area contributed by atoms with Gasteiger partial charge in [0.15, 0.2) is 5.65 Å². The van der Waals surface area contributed by atoms with Gasteiger partial charge in [-0.3, -0.25) is 0 Å². The fourth-order valence-electron chi connectivity index (χ4n) is 2.98. The highest BCUT2D eigenvalue weighted by Gasteiger charge is 2.24. The number of H-pyrrole nitrogens is 1. The van der Waals surface area contributed by atoms with Crippen LogP contribution in [0.3, 0.4) is 0 Å². The van der Waals surface area contributed by atoms with E-state index in [0.717, 1.165) is 38.0 Å². The lowest BCUT2D eigenvalue weighted by Crippen LogP contribution is -2.41. The Morgan fingerprint density at radius 2 is 2.20 bits per heavy atom. The molecule has 2 aromatic heterocycles. The van der Waals surface area contributed by atoms with Crippen LogP contribution in [0.5, 0.6) is 0 Å². The van der Waals surface area contributed by atoms with E-state index in [9.17, 15) is 4.79 Å². The van der Waals surface area contributed by atoms with Gasteiger partial charge in [-0.1, -0.05) is 0 Å². The molecule has 2 aromatic rings. The second kappa shape index (κ2) is 5.24. The van der Waals surface area contributed by atoms with Gasteiger partial charge in [-0.15, -0.1) is 0 Å². The van der Waals surface area contributed by atoms with Crippen molar-refractivity contribution in [2.24, 2.45) is 5.73 Å². The van der Waals surface area contributed by atoms with Crippen molar-refractivity contribution in [1.29, 1.82) is 0 Å². The third-order valence-corrected chi connectivity index (χ3v) is 4.11. The Bertz CT molecular complexity index is 640. The number of nitrogens with zero attached hydrogens (tertiary/aromatic N) is 4. The molecule has 1 saturated carbocycles. The Morgan fingerprint density at radius 1 is 1.45 bits per heavy atom. The van der Waals surface area contributed by atoms with Gasteiger partial charge in [0.25, 0.3) is 0 Å². The first-order valence-electron chi connectivity index (χ1n) is 7.14. The molecule has 2 heterocycles. The molecule has 20 heavy (non-hydrogen) atoms. The first-order chi connectivity index (χ1) is 9.69. The number of hydrogen-bond acceptors (Lipinski definition) is 5. The third-order valence-electron chi connectivity index (χ3n) is 4.11. The van der Waals surface area contributed by atoms with E-state index in [0.29, 0.717) is 17.7 Å². The van der Waals surface area contributed by atoms with Crippen LogP contribution < -0.4 is 16.3 Å². The van der Waals surface area contributed by atoms with Gasteiger partial charge in [0.05, 0.1) is 0 Å². The van der Waals surface area contributed by atoms with Gasteiger partial charge in [0.1, 0.15) is 12.1 Å². The van der Waals surface area contributed by atoms with Crippen molar-refractivity contribution in [3.63, 3.8) is 0 Å². The fourth-order valence-corrected chi connectivity index (χ4v) is 2.98. The van der Waals surface area contributed by atoms with Crippen LogP contribution in [0.15, 0.2) is 17.2 Å². The number of rotatable bonds is 3. The Morgan fingerprint density at radius 3 is 2.90 bits per heavy atom. The number of fused-ring (bicyclic) bond motifs is 1. The Balaban J connectivity index is 1.88. The number of aromatic amines is 1. The smallest absolute Gasteiger partial charge is 0.348 e. The van der Waals surface area contributed by atoms with Crippen molar-refractivity contribution in [3.8, 4) is 0 Å². The minimum Gasteiger partial charge on any atom is -0.354 e. The fraction of sp³-hybridized carbons (Fsp3) is 0.615. The summed E-state index contributed by atoms with van der Waals surface area (Å²) in [6.07, 6.45) is 5.84. The number of nitrogens with one attached hydrogen (secondary N) is 1. The Kier molecular flexibility index (Phi) is 3.43. The highest BCUT2D eigenvalue weighted by molar-refractivity contribution is 5.50. The second-order valence-corrected chi connectivity index (χ2v) is 5.36. The first kappa shape index (κ1) is 13.1. The zero-order chi connectivity index (χ0) is 14.1. The van der Waals surface area contributed by atoms with Gasteiger partial charge in [0, 0.05) is 24.7 Å². The molecule has 0 spiro atoms. The van der Waals surface area contributed by atoms with Gasteiger partial charge in [-0.2, -0.15) is 5.10 Å². The quantitative estimate of drug-likeness (QED) is 0.852. The van der Waals surface area contributed by atoms with Crippen molar-refractivity contribution in [2.75, 3.05) is 11.4 Å². The highest BCUT2D eigenvalue weighted by Crippen LogP contribution is 2.25. The van der Waals surface area contributed by atoms with E-state index in [1.165, 1.54) is 10.7 Å². The summed E-state index contributed by atoms with van der Waals surface area (Å²) >= 11 is 0. The molecule has 0 aromatic carbocycles. The van der Waals surface area contributed by atoms with Crippen LogP contribution in [0.25, 0.3) is 5.65 Å². The average molecular weight is 276 g/mol. The summed E-state index contributed by atoms with van der Waals surface area (Å²) in [5, 5.41) is 6.42. The predicted molar refractivity (Wildman–Crippen MR) is 76.9 cm³/mol. The number of aromatic nitrogens is 4. The van der Waals surface area contributed by atoms with Crippen LogP contribution in [-0.4, -0.2) is 38.2 Å². The lowest BCUT2D eigenvalue weighted by Gasteiger charge is -2.36. The molecule has 0 bridgehead atoms. The van der Waals surface area contributed by atoms with E-state index < -0.39 is 0 Å². The van der Waals surface area contributed by atoms with Crippen LogP contribution in [0, 0.1) is 0 Å². The van der Waals surface area contributed by atoms with Gasteiger partial charge >= 0.3 is 5.69 Å². The molecule has 1 aliphatic rings. The van der Waals surface area contributed by atoms with Gasteiger partial charge in [-0.25, -0.2) is 19.3 Å². The molecule has 0 atom stereocenters. The number of hydrogen-bond donors (Lipinski definition) is 2. The van der Waals surface area contributed by atoms with E-state index in [1.807, 2.05) is 6.07 Å². The van der Waals surface area contributed by atoms with Crippen molar-refractivity contribution in [3.05, 3.63) is 22.9 Å². The maximum atomic E-state index is 11.4. The van der Waals surface area contributed by atoms with E-state index in [1.54, 1.807) is 0 Å². The molecule has 0 radical (unpaired) electrons. The first-order valence-corrected chi connectivity index (χ1v) is 7.14. The summed E-state index contributed by atoms with van der Waals surface area (Å²) in [5.74, 6) is 0.875. The molecule has 3 rings (SSSR count). The van der Waals surface area contributed by atoms with Crippen LogP contribution in [0.2, 0.25) is 0 Å². The Hall–Kier alpha value is -1.89. The topological polar surface area (TPSA) is 92.3 Å². The zero-order valence-electron chi connectivity index (χ0n) is 11.6. The predicted octanol–water partition coefficient (Wildman–Crippen LogP) is 0.514. The maximum absolute atomic E-state index is 11.4. The van der Waals surface area contributed by atoms with Crippen molar-refractivity contribution >= 4 is 11.5 Å². The normalized spacial score (nSPS) is 23.1. The van der Waals surface area contributed by atoms with Gasteiger partial charge in [0.2, 0.25) is 0 Å². The van der Waals surface area contributed by atoms with Crippen molar-refractivity contribution in [2.45, 2.75) is 44.7 Å². The zero-order valence-corrected chi connectivity index (χ0v) is 11.6. The largest absolute Gasteiger partial charge is 0.354 e. The summed E-state index contributed by atoms with van der Waals surface area (Å²) < 4.78 is 1.41. The summed E-state index contributed by atoms with van der Waals surface area (Å²) in [6.45, 7) is 3.01. The number of nitrogens with two attached hydrogens (primary N) is 1. The Labute approximate surface area is 116 Å². The molecule has 0 unspecified atom stereocenters. The number of anilines is 1. The lowest BCUT2D eigenvalue weighted by atomic mass is 9.91. The molecule has 1 fully saturated rings. The average Bonchev–Trinajstić information content (AvgIpc) is 2.83. The molecule has 7 nitrogen and oxygen atoms in total. The lowest BCUT2D eigenvalue weighted by molar-refractivity contribution is 0.377. The molecule has 0 aliphatic heterocycles. The van der Waals surface area contributed by atoms with E-state index in [4.69, 9.17) is 5.73 Å². The summed E-state index contributed by atoms with van der Waals surface area (Å²) in [7, 11) is 0. The summed E-state index contributed by atoms with van der Waals surface area (Å²) in [4.78, 5) is 18.1. The van der Waals surface area contributed by atoms with Gasteiger partial charge in [-0.05, 0) is 32.6 Å². The molecular weight excluding hydrogens is 256 g/mol. The molecule has 7 heteroatoms. The SMILES string of the molecule is CCN(c1cc2n[nH]c(=O)n2cn1)C1CCC(N)CC1. The monoisotopic (exact) mass is 276 g/mol. The van der Waals surface area contributed by atoms with Crippen molar-refractivity contribution < 1.29 is 0 Å². The molecule has 3 N–H and O–H groups in total. The van der Waals surface area contributed by atoms with E-state index in [-0.39, 0.29) is 5.69 Å². The van der Waals surface area contributed by atoms with Gasteiger partial charge < -0.3 is 10.6 Å². The maximum Gasteiger partial charge on any atom is 0.348 e. The van der Waals surface area contributed by atoms with Crippen LogP contribution >= 0.6 is 0 Å². The summed E-state index contributed by atoms with van der Waals surface area (Å²) in [5.41, 5.74) is 6.31. The van der Waals surface area contributed by atoms with Crippen LogP contribution in [0.1, 0.15) is 32.6 Å². The molecule has 108 valence electrons. The molecular formula is C13H20N6O. The molecule has 0 saturated heterocycles. The second-order valence-electron chi connectivity index (χ2n) is 5.36. The highest BCUT2D eigenvalue weighted by atomic mass is 16.1. The van der Waals surface area contributed by atoms with E-state index in [2.05, 4.69) is 27.0 Å². The molecule has 1 aliphatic carbocycles. The van der Waals surface area contributed by atoms with Crippen LogP contribution in [-0.2, 0) is 0 Å². The minimum atomic E-state index is -0.259. The molecule has 0 amide bonds. The summed E-state index contributed by atoms with van der Waals surface area (Å²) in [6, 6.07) is 2.67.